The Balaban J connectivity index is 2.28. The molecule has 0 atom stereocenters. The zero-order chi connectivity index (χ0) is 15.8. The molecule has 0 saturated heterocycles. The fourth-order valence-corrected chi connectivity index (χ4v) is 2.53. The lowest BCUT2D eigenvalue weighted by Gasteiger charge is -2.13. The summed E-state index contributed by atoms with van der Waals surface area (Å²) in [6.45, 7) is 0.905. The zero-order valence-electron chi connectivity index (χ0n) is 12.4. The normalized spacial score (nSPS) is 11.0. The van der Waals surface area contributed by atoms with Crippen molar-refractivity contribution in [1.29, 1.82) is 0 Å². The van der Waals surface area contributed by atoms with Crippen LogP contribution in [0, 0.1) is 0 Å². The van der Waals surface area contributed by atoms with E-state index < -0.39 is 0 Å². The Kier molecular flexibility index (Phi) is 6.26. The Hall–Kier alpha value is -2.03. The molecule has 0 spiro atoms. The standard InChI is InChI=1S/C14H19N5O2S/c1-19-7-10-22-14(19)18-17-12-4-2-3-11(15-5-8-20)13(12)16-6-9-21/h2-4,7,10,20-21H,5-6,8-9H2,1H3,(H,15,17)/p+1. The number of azo groups is 1. The van der Waals surface area contributed by atoms with Crippen LogP contribution in [0.2, 0.25) is 0 Å². The highest BCUT2D eigenvalue weighted by Crippen LogP contribution is 2.33. The SMILES string of the molecule is C[n+]1ccsc1N=Nc1cccc(NCCO)c1NCCO. The van der Waals surface area contributed by atoms with E-state index in [-0.39, 0.29) is 13.2 Å². The van der Waals surface area contributed by atoms with Gasteiger partial charge in [0.15, 0.2) is 0 Å². The van der Waals surface area contributed by atoms with E-state index in [1.807, 2.05) is 41.4 Å². The first-order valence-electron chi connectivity index (χ1n) is 6.93. The third kappa shape index (κ3) is 4.23. The van der Waals surface area contributed by atoms with Crippen molar-refractivity contribution in [3.8, 4) is 0 Å². The fourth-order valence-electron chi connectivity index (χ4n) is 1.85. The molecule has 0 aliphatic heterocycles. The second-order valence-electron chi connectivity index (χ2n) is 4.50. The van der Waals surface area contributed by atoms with E-state index in [0.717, 1.165) is 16.5 Å². The van der Waals surface area contributed by atoms with E-state index in [1.165, 1.54) is 11.3 Å². The lowest BCUT2D eigenvalue weighted by Crippen LogP contribution is -2.23. The van der Waals surface area contributed by atoms with Crippen molar-refractivity contribution in [2.24, 2.45) is 17.3 Å². The van der Waals surface area contributed by atoms with Gasteiger partial charge in [0.25, 0.3) is 0 Å². The van der Waals surface area contributed by atoms with Crippen molar-refractivity contribution in [3.05, 3.63) is 29.8 Å². The first-order valence-corrected chi connectivity index (χ1v) is 7.81. The maximum absolute atomic E-state index is 9.02. The van der Waals surface area contributed by atoms with Gasteiger partial charge in [-0.15, -0.1) is 0 Å². The van der Waals surface area contributed by atoms with Gasteiger partial charge in [-0.25, -0.2) is 4.57 Å². The Morgan fingerprint density at radius 1 is 1.14 bits per heavy atom. The molecule has 1 aromatic carbocycles. The number of aliphatic hydroxyl groups is 2. The summed E-state index contributed by atoms with van der Waals surface area (Å²) >= 11 is 1.50. The summed E-state index contributed by atoms with van der Waals surface area (Å²) in [6.07, 6.45) is 1.92. The molecule has 2 rings (SSSR count). The second kappa shape index (κ2) is 8.42. The van der Waals surface area contributed by atoms with Gasteiger partial charge in [0.1, 0.15) is 11.9 Å². The molecule has 2 aromatic rings. The minimum absolute atomic E-state index is 0.0187. The van der Waals surface area contributed by atoms with E-state index in [9.17, 15) is 0 Å². The largest absolute Gasteiger partial charge is 0.408 e. The Morgan fingerprint density at radius 3 is 2.59 bits per heavy atom. The number of aromatic nitrogens is 1. The molecule has 0 fully saturated rings. The molecule has 4 N–H and O–H groups in total. The summed E-state index contributed by atoms with van der Waals surface area (Å²) in [7, 11) is 1.91. The summed E-state index contributed by atoms with van der Waals surface area (Å²) in [5.74, 6) is 0. The van der Waals surface area contributed by atoms with Gasteiger partial charge in [0.2, 0.25) is 0 Å². The van der Waals surface area contributed by atoms with Crippen LogP contribution in [-0.2, 0) is 7.05 Å². The monoisotopic (exact) mass is 322 g/mol. The van der Waals surface area contributed by atoms with E-state index in [4.69, 9.17) is 10.2 Å². The highest BCUT2D eigenvalue weighted by Gasteiger charge is 2.11. The highest BCUT2D eigenvalue weighted by molar-refractivity contribution is 7.12. The Labute approximate surface area is 133 Å². The van der Waals surface area contributed by atoms with Crippen LogP contribution >= 0.6 is 11.3 Å². The van der Waals surface area contributed by atoms with Gasteiger partial charge in [-0.2, -0.15) is 0 Å². The van der Waals surface area contributed by atoms with Crippen molar-refractivity contribution in [2.75, 3.05) is 36.9 Å². The minimum atomic E-state index is 0.0187. The molecular formula is C14H20N5O2S+. The predicted octanol–water partition coefficient (Wildman–Crippen LogP) is 1.80. The van der Waals surface area contributed by atoms with Gasteiger partial charge in [-0.3, -0.25) is 0 Å². The summed E-state index contributed by atoms with van der Waals surface area (Å²) < 4.78 is 1.89. The molecule has 7 nitrogen and oxygen atoms in total. The van der Waals surface area contributed by atoms with Crippen LogP contribution < -0.4 is 15.2 Å². The predicted molar refractivity (Wildman–Crippen MR) is 87.3 cm³/mol. The number of hydrogen-bond donors (Lipinski definition) is 4. The maximum Gasteiger partial charge on any atom is 0.408 e. The third-order valence-corrected chi connectivity index (χ3v) is 3.72. The van der Waals surface area contributed by atoms with E-state index in [2.05, 4.69) is 20.9 Å². The number of nitrogens with zero attached hydrogens (tertiary/aromatic N) is 3. The molecule has 0 aliphatic rings. The minimum Gasteiger partial charge on any atom is -0.395 e. The molecule has 0 aliphatic carbocycles. The van der Waals surface area contributed by atoms with Crippen molar-refractivity contribution in [3.63, 3.8) is 0 Å². The van der Waals surface area contributed by atoms with Crippen LogP contribution in [0.15, 0.2) is 40.0 Å². The van der Waals surface area contributed by atoms with Crippen molar-refractivity contribution >= 4 is 33.5 Å². The molecule has 1 aromatic heterocycles. The maximum atomic E-state index is 9.02. The van der Waals surface area contributed by atoms with Crippen LogP contribution in [0.1, 0.15) is 0 Å². The van der Waals surface area contributed by atoms with E-state index in [1.54, 1.807) is 0 Å². The van der Waals surface area contributed by atoms with Crippen molar-refractivity contribution in [2.45, 2.75) is 0 Å². The smallest absolute Gasteiger partial charge is 0.395 e. The summed E-state index contributed by atoms with van der Waals surface area (Å²) in [4.78, 5) is 0. The number of benzene rings is 1. The van der Waals surface area contributed by atoms with Gasteiger partial charge in [0.05, 0.1) is 36.8 Å². The number of thiazole rings is 1. The number of aliphatic hydroxyl groups excluding tert-OH is 2. The Morgan fingerprint density at radius 2 is 1.91 bits per heavy atom. The van der Waals surface area contributed by atoms with Crippen LogP contribution in [0.4, 0.5) is 22.2 Å². The van der Waals surface area contributed by atoms with Gasteiger partial charge >= 0.3 is 5.13 Å². The third-order valence-electron chi connectivity index (χ3n) is 2.89. The average molecular weight is 322 g/mol. The number of nitrogens with one attached hydrogen (secondary N) is 2. The quantitative estimate of drug-likeness (QED) is 0.440. The van der Waals surface area contributed by atoms with Crippen molar-refractivity contribution in [1.82, 2.24) is 0 Å². The molecule has 22 heavy (non-hydrogen) atoms. The number of rotatable bonds is 8. The van der Waals surface area contributed by atoms with Gasteiger partial charge in [0, 0.05) is 18.5 Å². The summed E-state index contributed by atoms with van der Waals surface area (Å²) in [5, 5.41) is 35.5. The summed E-state index contributed by atoms with van der Waals surface area (Å²) in [5.41, 5.74) is 2.24. The lowest BCUT2D eigenvalue weighted by molar-refractivity contribution is -0.654. The molecule has 1 heterocycles. The summed E-state index contributed by atoms with van der Waals surface area (Å²) in [6, 6.07) is 5.60. The first-order chi connectivity index (χ1) is 10.8. The van der Waals surface area contributed by atoms with Crippen LogP contribution in [-0.4, -0.2) is 36.5 Å². The van der Waals surface area contributed by atoms with Crippen LogP contribution in [0.25, 0.3) is 0 Å². The molecule has 8 heteroatoms. The molecule has 0 radical (unpaired) electrons. The molecule has 0 bridgehead atoms. The first kappa shape index (κ1) is 16.3. The number of aryl methyl sites for hydroxylation is 1. The highest BCUT2D eigenvalue weighted by atomic mass is 32.1. The van der Waals surface area contributed by atoms with Crippen molar-refractivity contribution < 1.29 is 14.8 Å². The van der Waals surface area contributed by atoms with Crippen LogP contribution in [0.5, 0.6) is 0 Å². The van der Waals surface area contributed by atoms with E-state index in [0.29, 0.717) is 18.8 Å². The molecule has 0 amide bonds. The molecular weight excluding hydrogens is 302 g/mol. The van der Waals surface area contributed by atoms with Gasteiger partial charge in [-0.1, -0.05) is 6.07 Å². The fraction of sp³-hybridized carbons (Fsp3) is 0.357. The van der Waals surface area contributed by atoms with E-state index >= 15 is 0 Å². The van der Waals surface area contributed by atoms with Crippen LogP contribution in [0.3, 0.4) is 0 Å². The zero-order valence-corrected chi connectivity index (χ0v) is 13.2. The number of anilines is 2. The average Bonchev–Trinajstić information content (AvgIpc) is 2.94. The van der Waals surface area contributed by atoms with Gasteiger partial charge in [-0.05, 0) is 28.6 Å². The Bertz CT molecular complexity index is 629. The van der Waals surface area contributed by atoms with Gasteiger partial charge < -0.3 is 20.8 Å². The molecule has 118 valence electrons. The second-order valence-corrected chi connectivity index (χ2v) is 5.37. The topological polar surface area (TPSA) is 93.1 Å². The number of hydrogen-bond acceptors (Lipinski definition) is 7. The molecule has 0 unspecified atom stereocenters. The lowest BCUT2D eigenvalue weighted by atomic mass is 10.2. The number of para-hydroxylation sites is 1. The molecule has 0 saturated carbocycles.